The normalized spacial score (nSPS) is 17.5. The van der Waals surface area contributed by atoms with Crippen molar-refractivity contribution in [2.24, 2.45) is 11.3 Å². The maximum absolute atomic E-state index is 4.20. The third-order valence-electron chi connectivity index (χ3n) is 4.71. The number of rotatable bonds is 5. The zero-order chi connectivity index (χ0) is 14.7. The molecule has 0 unspecified atom stereocenters. The van der Waals surface area contributed by atoms with E-state index in [4.69, 9.17) is 0 Å². The molecule has 1 N–H and O–H groups in total. The van der Waals surface area contributed by atoms with Gasteiger partial charge in [-0.25, -0.2) is 0 Å². The molecule has 0 aliphatic heterocycles. The summed E-state index contributed by atoms with van der Waals surface area (Å²) in [6.07, 6.45) is 8.65. The second-order valence-corrected chi connectivity index (χ2v) is 6.93. The van der Waals surface area contributed by atoms with Crippen LogP contribution in [0.3, 0.4) is 0 Å². The van der Waals surface area contributed by atoms with Crippen LogP contribution in [0.1, 0.15) is 46.0 Å². The zero-order valence-corrected chi connectivity index (χ0v) is 13.1. The molecule has 0 radical (unpaired) electrons. The van der Waals surface area contributed by atoms with Crippen LogP contribution in [0.5, 0.6) is 0 Å². The van der Waals surface area contributed by atoms with E-state index in [1.807, 2.05) is 18.3 Å². The fourth-order valence-electron chi connectivity index (χ4n) is 3.87. The Bertz CT molecular complexity index is 595. The van der Waals surface area contributed by atoms with Crippen molar-refractivity contribution in [2.75, 3.05) is 11.9 Å². The predicted octanol–water partition coefficient (Wildman–Crippen LogP) is 4.65. The Morgan fingerprint density at radius 2 is 1.95 bits per heavy atom. The fourth-order valence-corrected chi connectivity index (χ4v) is 3.87. The summed E-state index contributed by atoms with van der Waals surface area (Å²) in [5, 5.41) is 13.2. The van der Waals surface area contributed by atoms with E-state index in [2.05, 4.69) is 41.5 Å². The molecule has 1 aromatic carbocycles. The minimum atomic E-state index is 0.471. The lowest BCUT2D eigenvalue weighted by Crippen LogP contribution is -2.28. The molecule has 1 fully saturated rings. The quantitative estimate of drug-likeness (QED) is 0.868. The summed E-state index contributed by atoms with van der Waals surface area (Å²) < 4.78 is 0. The Kier molecular flexibility index (Phi) is 4.09. The number of hydrogen-bond donors (Lipinski definition) is 1. The molecular weight excluding hydrogens is 258 g/mol. The highest BCUT2D eigenvalue weighted by Gasteiger charge is 2.34. The van der Waals surface area contributed by atoms with E-state index in [9.17, 15) is 0 Å². The molecular formula is C18H25N3. The Labute approximate surface area is 127 Å². The predicted molar refractivity (Wildman–Crippen MR) is 88.4 cm³/mol. The molecule has 0 saturated heterocycles. The number of aromatic nitrogens is 2. The van der Waals surface area contributed by atoms with Gasteiger partial charge in [0.05, 0.1) is 17.4 Å². The number of hydrogen-bond acceptors (Lipinski definition) is 3. The number of fused-ring (bicyclic) bond motifs is 1. The third-order valence-corrected chi connectivity index (χ3v) is 4.71. The molecule has 0 bridgehead atoms. The van der Waals surface area contributed by atoms with Crippen LogP contribution in [-0.2, 0) is 0 Å². The van der Waals surface area contributed by atoms with Crippen molar-refractivity contribution in [1.29, 1.82) is 0 Å². The van der Waals surface area contributed by atoms with Crippen molar-refractivity contribution in [1.82, 2.24) is 10.2 Å². The van der Waals surface area contributed by atoms with Gasteiger partial charge < -0.3 is 5.32 Å². The summed E-state index contributed by atoms with van der Waals surface area (Å²) in [7, 11) is 0. The van der Waals surface area contributed by atoms with Crippen LogP contribution in [0.2, 0.25) is 0 Å². The maximum Gasteiger partial charge on any atom is 0.0950 e. The fraction of sp³-hybridized carbons (Fsp3) is 0.556. The lowest BCUT2D eigenvalue weighted by atomic mass is 9.78. The molecule has 2 aromatic rings. The first-order chi connectivity index (χ1) is 10.2. The van der Waals surface area contributed by atoms with Crippen molar-refractivity contribution in [3.8, 4) is 0 Å². The summed E-state index contributed by atoms with van der Waals surface area (Å²) in [6.45, 7) is 5.73. The Hall–Kier alpha value is -1.64. The standard InChI is InChI=1S/C18H25N3/c1-14(2)11-18(9-5-6-10-18)13-19-17-12-20-21-16-8-4-3-7-15(16)17/h3-4,7-8,12,14H,5-6,9-11,13H2,1-2H3,(H,19,21). The van der Waals surface area contributed by atoms with E-state index >= 15 is 0 Å². The molecule has 1 aliphatic carbocycles. The lowest BCUT2D eigenvalue weighted by molar-refractivity contribution is 0.252. The molecule has 1 aromatic heterocycles. The van der Waals surface area contributed by atoms with Gasteiger partial charge >= 0.3 is 0 Å². The van der Waals surface area contributed by atoms with Crippen molar-refractivity contribution in [2.45, 2.75) is 46.0 Å². The van der Waals surface area contributed by atoms with Gasteiger partial charge in [-0.05, 0) is 36.7 Å². The first-order valence-corrected chi connectivity index (χ1v) is 8.13. The lowest BCUT2D eigenvalue weighted by Gasteiger charge is -2.31. The highest BCUT2D eigenvalue weighted by atomic mass is 15.1. The average molecular weight is 283 g/mol. The van der Waals surface area contributed by atoms with Crippen LogP contribution >= 0.6 is 0 Å². The van der Waals surface area contributed by atoms with Gasteiger partial charge in [0.1, 0.15) is 0 Å². The first-order valence-electron chi connectivity index (χ1n) is 8.13. The van der Waals surface area contributed by atoms with Crippen molar-refractivity contribution in [3.63, 3.8) is 0 Å². The second-order valence-electron chi connectivity index (χ2n) is 6.93. The molecule has 112 valence electrons. The zero-order valence-electron chi connectivity index (χ0n) is 13.1. The molecule has 3 rings (SSSR count). The van der Waals surface area contributed by atoms with Crippen LogP contribution < -0.4 is 5.32 Å². The van der Waals surface area contributed by atoms with E-state index in [1.165, 1.54) is 37.5 Å². The molecule has 1 heterocycles. The molecule has 0 spiro atoms. The maximum atomic E-state index is 4.20. The average Bonchev–Trinajstić information content (AvgIpc) is 2.93. The van der Waals surface area contributed by atoms with Gasteiger partial charge in [-0.1, -0.05) is 44.9 Å². The van der Waals surface area contributed by atoms with Crippen molar-refractivity contribution < 1.29 is 0 Å². The Morgan fingerprint density at radius 1 is 1.19 bits per heavy atom. The van der Waals surface area contributed by atoms with Crippen molar-refractivity contribution in [3.05, 3.63) is 30.5 Å². The summed E-state index contributed by atoms with van der Waals surface area (Å²) >= 11 is 0. The smallest absolute Gasteiger partial charge is 0.0950 e. The monoisotopic (exact) mass is 283 g/mol. The topological polar surface area (TPSA) is 37.8 Å². The van der Waals surface area contributed by atoms with Crippen molar-refractivity contribution >= 4 is 16.6 Å². The van der Waals surface area contributed by atoms with Gasteiger partial charge in [-0.3, -0.25) is 0 Å². The molecule has 1 aliphatic rings. The van der Waals surface area contributed by atoms with Crippen LogP contribution in [0.25, 0.3) is 10.9 Å². The number of anilines is 1. The summed E-state index contributed by atoms with van der Waals surface area (Å²) in [5.74, 6) is 0.761. The summed E-state index contributed by atoms with van der Waals surface area (Å²) in [5.41, 5.74) is 2.56. The highest BCUT2D eigenvalue weighted by molar-refractivity contribution is 5.90. The Morgan fingerprint density at radius 3 is 2.71 bits per heavy atom. The molecule has 0 atom stereocenters. The van der Waals surface area contributed by atoms with E-state index in [0.717, 1.165) is 23.7 Å². The molecule has 0 amide bonds. The molecule has 3 heteroatoms. The number of benzene rings is 1. The van der Waals surface area contributed by atoms with Gasteiger partial charge in [0, 0.05) is 11.9 Å². The van der Waals surface area contributed by atoms with Gasteiger partial charge in [0.2, 0.25) is 0 Å². The van der Waals surface area contributed by atoms with E-state index in [-0.39, 0.29) is 0 Å². The highest BCUT2D eigenvalue weighted by Crippen LogP contribution is 2.43. The minimum Gasteiger partial charge on any atom is -0.383 e. The molecule has 21 heavy (non-hydrogen) atoms. The van der Waals surface area contributed by atoms with Crippen LogP contribution in [0.4, 0.5) is 5.69 Å². The van der Waals surface area contributed by atoms with E-state index < -0.39 is 0 Å². The third kappa shape index (κ3) is 3.17. The van der Waals surface area contributed by atoms with Crippen LogP contribution in [-0.4, -0.2) is 16.7 Å². The van der Waals surface area contributed by atoms with E-state index in [1.54, 1.807) is 0 Å². The van der Waals surface area contributed by atoms with Crippen LogP contribution in [0.15, 0.2) is 30.5 Å². The largest absolute Gasteiger partial charge is 0.383 e. The second kappa shape index (κ2) is 6.00. The number of nitrogens with zero attached hydrogens (tertiary/aromatic N) is 2. The van der Waals surface area contributed by atoms with Gasteiger partial charge in [0.25, 0.3) is 0 Å². The SMILES string of the molecule is CC(C)CC1(CNc2cnnc3ccccc23)CCCC1. The van der Waals surface area contributed by atoms with Crippen LogP contribution in [0, 0.1) is 11.3 Å². The summed E-state index contributed by atoms with van der Waals surface area (Å²) in [6, 6.07) is 8.22. The molecule has 1 saturated carbocycles. The first kappa shape index (κ1) is 14.3. The minimum absolute atomic E-state index is 0.471. The van der Waals surface area contributed by atoms with Gasteiger partial charge in [0.15, 0.2) is 0 Å². The Balaban J connectivity index is 1.79. The van der Waals surface area contributed by atoms with E-state index in [0.29, 0.717) is 5.41 Å². The summed E-state index contributed by atoms with van der Waals surface area (Å²) in [4.78, 5) is 0. The van der Waals surface area contributed by atoms with Gasteiger partial charge in [-0.15, -0.1) is 0 Å². The van der Waals surface area contributed by atoms with Gasteiger partial charge in [-0.2, -0.15) is 10.2 Å². The number of nitrogens with one attached hydrogen (secondary N) is 1. The molecule has 3 nitrogen and oxygen atoms in total.